The fourth-order valence-electron chi connectivity index (χ4n) is 3.90. The second kappa shape index (κ2) is 11.7. The molecule has 0 bridgehead atoms. The highest BCUT2D eigenvalue weighted by atomic mass is 35.5. The number of furan rings is 1. The van der Waals surface area contributed by atoms with Crippen LogP contribution in [-0.4, -0.2) is 15.4 Å². The van der Waals surface area contributed by atoms with Gasteiger partial charge in [-0.15, -0.1) is 11.3 Å². The lowest BCUT2D eigenvalue weighted by Gasteiger charge is -2.07. The number of para-hydroxylation sites is 1. The maximum atomic E-state index is 13.6. The average Bonchev–Trinajstić information content (AvgIpc) is 3.56. The molecular formula is C29H16Cl2N4O5S. The smallest absolute Gasteiger partial charge is 0.273 e. The number of nitriles is 1. The molecule has 1 N–H and O–H groups in total. The van der Waals surface area contributed by atoms with E-state index < -0.39 is 16.4 Å². The van der Waals surface area contributed by atoms with Gasteiger partial charge in [0.05, 0.1) is 25.9 Å². The molecule has 3 aromatic carbocycles. The van der Waals surface area contributed by atoms with Crippen molar-refractivity contribution in [3.05, 3.63) is 130 Å². The summed E-state index contributed by atoms with van der Waals surface area (Å²) in [6.45, 7) is 0. The minimum absolute atomic E-state index is 0.0501. The third kappa shape index (κ3) is 5.83. The van der Waals surface area contributed by atoms with Crippen molar-refractivity contribution >= 4 is 63.5 Å². The third-order valence-corrected chi connectivity index (χ3v) is 7.49. The first-order valence-corrected chi connectivity index (χ1v) is 13.4. The van der Waals surface area contributed by atoms with Crippen molar-refractivity contribution in [3.8, 4) is 23.1 Å². The minimum Gasteiger partial charge on any atom is -0.457 e. The molecule has 1 amide bonds. The van der Waals surface area contributed by atoms with Crippen LogP contribution in [0.4, 0.5) is 11.4 Å². The molecule has 12 heteroatoms. The van der Waals surface area contributed by atoms with Crippen molar-refractivity contribution in [3.63, 3.8) is 0 Å². The molecule has 41 heavy (non-hydrogen) atoms. The van der Waals surface area contributed by atoms with Gasteiger partial charge in [-0.1, -0.05) is 41.4 Å². The van der Waals surface area contributed by atoms with E-state index in [1.807, 2.05) is 6.07 Å². The predicted molar refractivity (Wildman–Crippen MR) is 158 cm³/mol. The first kappa shape index (κ1) is 27.6. The van der Waals surface area contributed by atoms with Gasteiger partial charge in [-0.3, -0.25) is 24.3 Å². The van der Waals surface area contributed by atoms with Gasteiger partial charge in [0.15, 0.2) is 5.57 Å². The van der Waals surface area contributed by atoms with Crippen molar-refractivity contribution in [1.29, 1.82) is 5.26 Å². The monoisotopic (exact) mass is 602 g/mol. The maximum Gasteiger partial charge on any atom is 0.273 e. The Bertz CT molecular complexity index is 2020. The molecule has 2 aromatic heterocycles. The summed E-state index contributed by atoms with van der Waals surface area (Å²) in [6.07, 6.45) is 1.51. The molecule has 0 spiro atoms. The number of hydrogen-bond acceptors (Lipinski definition) is 7. The molecule has 0 unspecified atom stereocenters. The molecule has 202 valence electrons. The van der Waals surface area contributed by atoms with Crippen molar-refractivity contribution in [1.82, 2.24) is 4.57 Å². The van der Waals surface area contributed by atoms with E-state index >= 15 is 0 Å². The molecule has 2 heterocycles. The molecule has 0 aliphatic carbocycles. The lowest BCUT2D eigenvalue weighted by molar-refractivity contribution is -0.384. The fraction of sp³-hybridized carbons (Fsp3) is 0. The molecule has 0 saturated carbocycles. The number of anilines is 1. The van der Waals surface area contributed by atoms with E-state index in [-0.39, 0.29) is 31.2 Å². The van der Waals surface area contributed by atoms with Gasteiger partial charge in [-0.25, -0.2) is 0 Å². The van der Waals surface area contributed by atoms with E-state index in [4.69, 9.17) is 27.6 Å². The number of carbonyl (C=O) groups is 1. The number of nitro benzene ring substituents is 1. The summed E-state index contributed by atoms with van der Waals surface area (Å²) in [4.78, 5) is 37.3. The normalized spacial score (nSPS) is 12.1. The Morgan fingerprint density at radius 1 is 1.05 bits per heavy atom. The van der Waals surface area contributed by atoms with Gasteiger partial charge in [0.25, 0.3) is 17.2 Å². The van der Waals surface area contributed by atoms with Crippen molar-refractivity contribution in [2.24, 2.45) is 0 Å². The Hall–Kier alpha value is -4.95. The Kier molecular flexibility index (Phi) is 7.85. The number of thiazole rings is 1. The summed E-state index contributed by atoms with van der Waals surface area (Å²) in [5.41, 5.74) is 0.452. The van der Waals surface area contributed by atoms with Gasteiger partial charge in [0.2, 0.25) is 0 Å². The number of carbonyl (C=O) groups excluding carboxylic acids is 1. The number of nitro groups is 1. The van der Waals surface area contributed by atoms with Crippen molar-refractivity contribution in [2.45, 2.75) is 0 Å². The van der Waals surface area contributed by atoms with Gasteiger partial charge in [0.1, 0.15) is 22.3 Å². The first-order chi connectivity index (χ1) is 19.7. The molecule has 0 aliphatic rings. The highest BCUT2D eigenvalue weighted by Gasteiger charge is 2.18. The molecule has 5 aromatic rings. The summed E-state index contributed by atoms with van der Waals surface area (Å²) in [5.74, 6) is -0.00176. The van der Waals surface area contributed by atoms with Crippen LogP contribution in [0.2, 0.25) is 10.0 Å². The molecule has 0 fully saturated rings. The van der Waals surface area contributed by atoms with Crippen LogP contribution in [0.5, 0.6) is 0 Å². The lowest BCUT2D eigenvalue weighted by Crippen LogP contribution is -2.32. The Labute approximate surface area is 245 Å². The fourth-order valence-corrected chi connectivity index (χ4v) is 5.32. The second-order valence-electron chi connectivity index (χ2n) is 8.46. The Morgan fingerprint density at radius 2 is 1.78 bits per heavy atom. The SMILES string of the molecule is N#CC(C(=O)Nc1cc(Cl)ccc1Cl)=c1sc(=Cc2ccc(-c3ccc([N+](=O)[O-])cc3)o2)c(=O)n1-c1ccccc1. The van der Waals surface area contributed by atoms with Crippen LogP contribution >= 0.6 is 34.5 Å². The zero-order chi connectivity index (χ0) is 29.1. The number of halogens is 2. The van der Waals surface area contributed by atoms with Crippen LogP contribution < -0.4 is 20.1 Å². The molecule has 0 saturated heterocycles. The van der Waals surface area contributed by atoms with Crippen LogP contribution in [0, 0.1) is 21.4 Å². The molecule has 0 atom stereocenters. The number of benzene rings is 3. The van der Waals surface area contributed by atoms with E-state index in [0.29, 0.717) is 27.8 Å². The molecular weight excluding hydrogens is 587 g/mol. The van der Waals surface area contributed by atoms with Crippen LogP contribution in [0.15, 0.2) is 94.1 Å². The number of hydrogen-bond donors (Lipinski definition) is 1. The van der Waals surface area contributed by atoms with Crippen molar-refractivity contribution < 1.29 is 14.1 Å². The largest absolute Gasteiger partial charge is 0.457 e. The predicted octanol–water partition coefficient (Wildman–Crippen LogP) is 5.52. The highest BCUT2D eigenvalue weighted by molar-refractivity contribution is 7.07. The standard InChI is InChI=1S/C29H16Cl2N4O5S/c30-18-8-12-23(31)24(14-18)33-27(36)22(16-32)29-34(19-4-2-1-3-5-19)28(37)26(41-29)15-21-11-13-25(40-21)17-6-9-20(10-7-17)35(38)39/h1-15H,(H,33,36). The highest BCUT2D eigenvalue weighted by Crippen LogP contribution is 2.26. The molecule has 0 aliphatic heterocycles. The Balaban J connectivity index is 1.63. The van der Waals surface area contributed by atoms with E-state index in [2.05, 4.69) is 5.32 Å². The summed E-state index contributed by atoms with van der Waals surface area (Å²) in [5, 5.41) is 24.1. The lowest BCUT2D eigenvalue weighted by atomic mass is 10.1. The van der Waals surface area contributed by atoms with Crippen molar-refractivity contribution in [2.75, 3.05) is 5.32 Å². The quantitative estimate of drug-likeness (QED) is 0.201. The van der Waals surface area contributed by atoms with Gasteiger partial charge in [-0.2, -0.15) is 5.26 Å². The van der Waals surface area contributed by atoms with E-state index in [1.54, 1.807) is 60.7 Å². The van der Waals surface area contributed by atoms with E-state index in [9.17, 15) is 25.0 Å². The third-order valence-electron chi connectivity index (χ3n) is 5.83. The number of rotatable bonds is 6. The topological polar surface area (TPSA) is 131 Å². The van der Waals surface area contributed by atoms with Gasteiger partial charge < -0.3 is 9.73 Å². The number of aromatic nitrogens is 1. The summed E-state index contributed by atoms with van der Waals surface area (Å²) >= 11 is 13.2. The first-order valence-electron chi connectivity index (χ1n) is 11.8. The van der Waals surface area contributed by atoms with Gasteiger partial charge in [-0.05, 0) is 54.6 Å². The summed E-state index contributed by atoms with van der Waals surface area (Å²) in [6, 6.07) is 24.2. The average molecular weight is 603 g/mol. The van der Waals surface area contributed by atoms with E-state index in [1.165, 1.54) is 34.9 Å². The van der Waals surface area contributed by atoms with Crippen LogP contribution in [0.25, 0.3) is 28.7 Å². The van der Waals surface area contributed by atoms with E-state index in [0.717, 1.165) is 11.3 Å². The number of non-ortho nitro benzene ring substituents is 1. The van der Waals surface area contributed by atoms with Crippen LogP contribution in [-0.2, 0) is 4.79 Å². The number of nitrogens with zero attached hydrogens (tertiary/aromatic N) is 3. The minimum atomic E-state index is -0.771. The van der Waals surface area contributed by atoms with Crippen LogP contribution in [0.3, 0.4) is 0 Å². The van der Waals surface area contributed by atoms with Crippen LogP contribution in [0.1, 0.15) is 5.76 Å². The second-order valence-corrected chi connectivity index (χ2v) is 10.3. The Morgan fingerprint density at radius 3 is 2.46 bits per heavy atom. The number of nitrogens with one attached hydrogen (secondary N) is 1. The molecule has 9 nitrogen and oxygen atoms in total. The maximum absolute atomic E-state index is 13.6. The number of amides is 1. The van der Waals surface area contributed by atoms with Gasteiger partial charge in [0, 0.05) is 28.8 Å². The summed E-state index contributed by atoms with van der Waals surface area (Å²) in [7, 11) is 0. The zero-order valence-corrected chi connectivity index (χ0v) is 23.0. The zero-order valence-electron chi connectivity index (χ0n) is 20.7. The summed E-state index contributed by atoms with van der Waals surface area (Å²) < 4.78 is 7.47. The molecule has 0 radical (unpaired) electrons. The molecule has 5 rings (SSSR count). The van der Waals surface area contributed by atoms with Gasteiger partial charge >= 0.3 is 0 Å².